The zero-order valence-electron chi connectivity index (χ0n) is 18.3. The number of benzene rings is 3. The van der Waals surface area contributed by atoms with E-state index in [4.69, 9.17) is 5.10 Å². The van der Waals surface area contributed by atoms with Crippen LogP contribution in [0.1, 0.15) is 31.8 Å². The van der Waals surface area contributed by atoms with Crippen molar-refractivity contribution in [1.29, 1.82) is 0 Å². The first-order valence-electron chi connectivity index (χ1n) is 11.0. The monoisotopic (exact) mass is 450 g/mol. The Morgan fingerprint density at radius 2 is 1.38 bits per heavy atom. The molecule has 0 spiro atoms. The van der Waals surface area contributed by atoms with Crippen LogP contribution in [0.15, 0.2) is 91.1 Å². The van der Waals surface area contributed by atoms with Crippen LogP contribution in [-0.2, 0) is 17.9 Å². The van der Waals surface area contributed by atoms with E-state index in [2.05, 4.69) is 5.32 Å². The van der Waals surface area contributed by atoms with Crippen LogP contribution in [0.5, 0.6) is 0 Å². The van der Waals surface area contributed by atoms with Crippen LogP contribution in [0.4, 0.5) is 0 Å². The van der Waals surface area contributed by atoms with Crippen LogP contribution in [0.3, 0.4) is 0 Å². The molecular weight excluding hydrogens is 428 g/mol. The van der Waals surface area contributed by atoms with Gasteiger partial charge in [-0.2, -0.15) is 5.10 Å². The van der Waals surface area contributed by atoms with Crippen LogP contribution in [0.25, 0.3) is 11.3 Å². The van der Waals surface area contributed by atoms with Crippen LogP contribution in [-0.4, -0.2) is 38.9 Å². The molecule has 7 nitrogen and oxygen atoms in total. The van der Waals surface area contributed by atoms with Crippen LogP contribution < -0.4 is 5.32 Å². The van der Waals surface area contributed by atoms with E-state index in [1.807, 2.05) is 71.5 Å². The summed E-state index contributed by atoms with van der Waals surface area (Å²) in [6, 6.07) is 26.4. The second-order valence-electron chi connectivity index (χ2n) is 8.07. The number of fused-ring (bicyclic) bond motifs is 1. The molecule has 168 valence electrons. The third-order valence-corrected chi connectivity index (χ3v) is 5.73. The Kier molecular flexibility index (Phi) is 5.74. The lowest BCUT2D eigenvalue weighted by molar-refractivity contribution is -0.121. The highest BCUT2D eigenvalue weighted by atomic mass is 16.2. The average Bonchev–Trinajstić information content (AvgIpc) is 3.38. The van der Waals surface area contributed by atoms with E-state index in [-0.39, 0.29) is 13.1 Å². The molecule has 0 aliphatic carbocycles. The summed E-state index contributed by atoms with van der Waals surface area (Å²) in [4.78, 5) is 38.7. The summed E-state index contributed by atoms with van der Waals surface area (Å²) in [5.41, 5.74) is 4.34. The van der Waals surface area contributed by atoms with Gasteiger partial charge in [-0.15, -0.1) is 0 Å². The van der Waals surface area contributed by atoms with Gasteiger partial charge in [0.15, 0.2) is 0 Å². The molecule has 2 heterocycles. The van der Waals surface area contributed by atoms with Crippen molar-refractivity contribution in [2.24, 2.45) is 0 Å². The molecule has 0 atom stereocenters. The second-order valence-corrected chi connectivity index (χ2v) is 8.07. The Balaban J connectivity index is 1.31. The van der Waals surface area contributed by atoms with Gasteiger partial charge in [0.2, 0.25) is 5.91 Å². The first-order valence-corrected chi connectivity index (χ1v) is 11.0. The molecule has 0 unspecified atom stereocenters. The summed E-state index contributed by atoms with van der Waals surface area (Å²) >= 11 is 0. The lowest BCUT2D eigenvalue weighted by atomic mass is 10.1. The lowest BCUT2D eigenvalue weighted by Crippen LogP contribution is -2.40. The number of amides is 3. The quantitative estimate of drug-likeness (QED) is 0.437. The number of hydrogen-bond donors (Lipinski definition) is 1. The number of aromatic nitrogens is 2. The third kappa shape index (κ3) is 4.23. The SMILES string of the molecule is O=C(CN1C(=O)c2ccccc2C1=O)NCc1cn(Cc2ccccc2)nc1-c1ccccc1. The van der Waals surface area contributed by atoms with Crippen LogP contribution >= 0.6 is 0 Å². The number of nitrogens with one attached hydrogen (secondary N) is 1. The summed E-state index contributed by atoms with van der Waals surface area (Å²) in [5.74, 6) is -1.31. The first kappa shape index (κ1) is 21.3. The second kappa shape index (κ2) is 9.15. The van der Waals surface area contributed by atoms with Crippen molar-refractivity contribution >= 4 is 17.7 Å². The zero-order chi connectivity index (χ0) is 23.5. The first-order chi connectivity index (χ1) is 16.6. The van der Waals surface area contributed by atoms with E-state index in [0.29, 0.717) is 17.7 Å². The van der Waals surface area contributed by atoms with E-state index in [1.165, 1.54) is 0 Å². The van der Waals surface area contributed by atoms with Gasteiger partial charge in [0.1, 0.15) is 6.54 Å². The third-order valence-electron chi connectivity index (χ3n) is 5.73. The number of hydrogen-bond acceptors (Lipinski definition) is 4. The molecule has 0 bridgehead atoms. The maximum absolute atomic E-state index is 12.7. The molecule has 0 fully saturated rings. The molecule has 3 amide bonds. The topological polar surface area (TPSA) is 84.3 Å². The van der Waals surface area contributed by atoms with Gasteiger partial charge in [-0.05, 0) is 17.7 Å². The molecule has 1 aliphatic heterocycles. The van der Waals surface area contributed by atoms with Crippen LogP contribution in [0, 0.1) is 0 Å². The van der Waals surface area contributed by atoms with Gasteiger partial charge in [0, 0.05) is 23.9 Å². The van der Waals surface area contributed by atoms with Crippen molar-refractivity contribution in [2.75, 3.05) is 6.54 Å². The minimum atomic E-state index is -0.448. The molecule has 7 heteroatoms. The minimum absolute atomic E-state index is 0.223. The van der Waals surface area contributed by atoms with E-state index in [0.717, 1.165) is 27.3 Å². The van der Waals surface area contributed by atoms with Crippen molar-refractivity contribution in [3.8, 4) is 11.3 Å². The fourth-order valence-electron chi connectivity index (χ4n) is 4.06. The van der Waals surface area contributed by atoms with Crippen molar-refractivity contribution in [2.45, 2.75) is 13.1 Å². The summed E-state index contributed by atoms with van der Waals surface area (Å²) < 4.78 is 1.85. The van der Waals surface area contributed by atoms with Gasteiger partial charge in [-0.25, -0.2) is 0 Å². The molecule has 34 heavy (non-hydrogen) atoms. The molecule has 3 aromatic carbocycles. The van der Waals surface area contributed by atoms with E-state index in [9.17, 15) is 14.4 Å². The predicted molar refractivity (Wildman–Crippen MR) is 127 cm³/mol. The van der Waals surface area contributed by atoms with Gasteiger partial charge in [-0.1, -0.05) is 72.8 Å². The number of carbonyl (C=O) groups is 3. The maximum Gasteiger partial charge on any atom is 0.262 e. The van der Waals surface area contributed by atoms with Gasteiger partial charge in [-0.3, -0.25) is 24.0 Å². The molecular formula is C27H22N4O3. The number of imide groups is 1. The fourth-order valence-corrected chi connectivity index (χ4v) is 4.06. The van der Waals surface area contributed by atoms with E-state index >= 15 is 0 Å². The molecule has 0 radical (unpaired) electrons. The summed E-state index contributed by atoms with van der Waals surface area (Å²) in [6.07, 6.45) is 1.91. The average molecular weight is 450 g/mol. The molecule has 1 N–H and O–H groups in total. The lowest BCUT2D eigenvalue weighted by Gasteiger charge is -2.13. The largest absolute Gasteiger partial charge is 0.350 e. The van der Waals surface area contributed by atoms with Crippen molar-refractivity contribution in [3.05, 3.63) is 113 Å². The molecule has 1 aromatic heterocycles. The zero-order valence-corrected chi connectivity index (χ0v) is 18.3. The van der Waals surface area contributed by atoms with Gasteiger partial charge in [0.05, 0.1) is 23.4 Å². The smallest absolute Gasteiger partial charge is 0.262 e. The normalized spacial score (nSPS) is 12.6. The van der Waals surface area contributed by atoms with Gasteiger partial charge < -0.3 is 5.32 Å². The Hall–Kier alpha value is -4.52. The summed E-state index contributed by atoms with van der Waals surface area (Å²) in [5, 5.41) is 7.60. The molecule has 4 aromatic rings. The highest BCUT2D eigenvalue weighted by molar-refractivity contribution is 6.22. The molecule has 0 saturated heterocycles. The number of carbonyl (C=O) groups excluding carboxylic acids is 3. The predicted octanol–water partition coefficient (Wildman–Crippen LogP) is 3.51. The van der Waals surface area contributed by atoms with E-state index in [1.54, 1.807) is 24.3 Å². The molecule has 0 saturated carbocycles. The fraction of sp³-hybridized carbons (Fsp3) is 0.111. The minimum Gasteiger partial charge on any atom is -0.350 e. The Morgan fingerprint density at radius 1 is 0.794 bits per heavy atom. The summed E-state index contributed by atoms with van der Waals surface area (Å²) in [6.45, 7) is 0.496. The van der Waals surface area contributed by atoms with Crippen LogP contribution in [0.2, 0.25) is 0 Å². The maximum atomic E-state index is 12.7. The number of nitrogens with zero attached hydrogens (tertiary/aromatic N) is 3. The molecule has 5 rings (SSSR count). The Bertz CT molecular complexity index is 1330. The summed E-state index contributed by atoms with van der Waals surface area (Å²) in [7, 11) is 0. The Morgan fingerprint density at radius 3 is 2.03 bits per heavy atom. The van der Waals surface area contributed by atoms with Gasteiger partial charge >= 0.3 is 0 Å². The Labute approximate surface area is 196 Å². The van der Waals surface area contributed by atoms with E-state index < -0.39 is 17.7 Å². The standard InChI is InChI=1S/C27H22N4O3/c32-24(18-31-26(33)22-13-7-8-14-23(22)27(31)34)28-15-21-17-30(16-19-9-3-1-4-10-19)29-25(21)20-11-5-2-6-12-20/h1-14,17H,15-16,18H2,(H,28,32). The number of rotatable bonds is 7. The highest BCUT2D eigenvalue weighted by Gasteiger charge is 2.36. The van der Waals surface area contributed by atoms with Gasteiger partial charge in [0.25, 0.3) is 11.8 Å². The highest BCUT2D eigenvalue weighted by Crippen LogP contribution is 2.23. The van der Waals surface area contributed by atoms with Crippen molar-refractivity contribution in [1.82, 2.24) is 20.0 Å². The van der Waals surface area contributed by atoms with Crippen molar-refractivity contribution in [3.63, 3.8) is 0 Å². The van der Waals surface area contributed by atoms with Crippen molar-refractivity contribution < 1.29 is 14.4 Å². The molecule has 1 aliphatic rings.